The fourth-order valence-corrected chi connectivity index (χ4v) is 8.29. The van der Waals surface area contributed by atoms with Crippen molar-refractivity contribution < 1.29 is 4.79 Å². The third-order valence-corrected chi connectivity index (χ3v) is 9.82. The Labute approximate surface area is 169 Å². The Kier molecular flexibility index (Phi) is 7.06. The standard InChI is InChI=1S/C26H29OP/c1-3-4-8-21-26(27)22(2)28(23-15-9-5-10-16-23,24-17-11-6-12-18-24)25-19-13-7-14-20-25/h5-7,9-20H,3-4,8,21H2,1-2H3. The van der Waals surface area contributed by atoms with E-state index in [9.17, 15) is 4.79 Å². The Morgan fingerprint density at radius 1 is 0.679 bits per heavy atom. The zero-order valence-corrected chi connectivity index (χ0v) is 17.7. The van der Waals surface area contributed by atoms with E-state index >= 15 is 0 Å². The number of carbonyl (C=O) groups excluding carboxylic acids is 1. The van der Waals surface area contributed by atoms with E-state index in [2.05, 4.69) is 86.6 Å². The molecule has 144 valence electrons. The summed E-state index contributed by atoms with van der Waals surface area (Å²) in [6, 6.07) is 31.8. The Bertz CT molecular complexity index is 840. The van der Waals surface area contributed by atoms with Gasteiger partial charge in [0.05, 0.1) is 0 Å². The summed E-state index contributed by atoms with van der Waals surface area (Å²) in [6.07, 6.45) is 3.83. The van der Waals surface area contributed by atoms with Crippen molar-refractivity contribution in [3.63, 3.8) is 0 Å². The molecule has 0 bridgehead atoms. The predicted molar refractivity (Wildman–Crippen MR) is 125 cm³/mol. The van der Waals surface area contributed by atoms with Gasteiger partial charge in [-0.25, -0.2) is 0 Å². The van der Waals surface area contributed by atoms with Crippen LogP contribution >= 0.6 is 6.89 Å². The third kappa shape index (κ3) is 4.05. The van der Waals surface area contributed by atoms with Crippen molar-refractivity contribution in [2.75, 3.05) is 0 Å². The van der Waals surface area contributed by atoms with Crippen molar-refractivity contribution in [1.82, 2.24) is 0 Å². The fourth-order valence-electron chi connectivity index (χ4n) is 3.89. The highest BCUT2D eigenvalue weighted by Crippen LogP contribution is 2.46. The zero-order valence-electron chi connectivity index (χ0n) is 16.8. The normalized spacial score (nSPS) is 11.2. The molecule has 0 saturated heterocycles. The highest BCUT2D eigenvalue weighted by Gasteiger charge is 2.30. The van der Waals surface area contributed by atoms with Crippen LogP contribution in [-0.4, -0.2) is 11.1 Å². The van der Waals surface area contributed by atoms with Gasteiger partial charge in [-0.3, -0.25) is 4.79 Å². The Morgan fingerprint density at radius 3 is 1.43 bits per heavy atom. The minimum Gasteiger partial charge on any atom is -0.295 e. The van der Waals surface area contributed by atoms with Crippen LogP contribution in [0.2, 0.25) is 0 Å². The summed E-state index contributed by atoms with van der Waals surface area (Å²) >= 11 is 0. The lowest BCUT2D eigenvalue weighted by Gasteiger charge is -2.31. The maximum atomic E-state index is 13.4. The highest BCUT2D eigenvalue weighted by molar-refractivity contribution is 7.96. The number of rotatable bonds is 8. The molecule has 0 spiro atoms. The van der Waals surface area contributed by atoms with Gasteiger partial charge >= 0.3 is 0 Å². The summed E-state index contributed by atoms with van der Waals surface area (Å²) in [5.41, 5.74) is 0. The van der Waals surface area contributed by atoms with Crippen LogP contribution in [0.3, 0.4) is 0 Å². The van der Waals surface area contributed by atoms with Crippen LogP contribution in [0.1, 0.15) is 39.5 Å². The first-order valence-electron chi connectivity index (χ1n) is 10.1. The SMILES string of the molecule is CCCCCC(=O)C(C)=P(c1ccccc1)(c1ccccc1)c1ccccc1. The van der Waals surface area contributed by atoms with E-state index in [1.165, 1.54) is 15.9 Å². The number of Topliss-reactive ketones (excluding diaryl/α,β-unsaturated/α-hetero) is 1. The zero-order chi connectivity index (χ0) is 19.8. The third-order valence-electron chi connectivity index (χ3n) is 5.34. The van der Waals surface area contributed by atoms with Gasteiger partial charge in [0, 0.05) is 11.7 Å². The molecule has 0 atom stereocenters. The molecule has 0 amide bonds. The summed E-state index contributed by atoms with van der Waals surface area (Å²) in [5, 5.41) is 4.74. The second-order valence-electron chi connectivity index (χ2n) is 7.14. The van der Waals surface area contributed by atoms with E-state index in [0.717, 1.165) is 24.6 Å². The molecule has 0 aromatic heterocycles. The van der Waals surface area contributed by atoms with Gasteiger partial charge in [-0.2, -0.15) is 0 Å². The molecule has 1 nitrogen and oxygen atoms in total. The molecule has 0 aliphatic carbocycles. The molecule has 0 heterocycles. The summed E-state index contributed by atoms with van der Waals surface area (Å²) < 4.78 is 0. The van der Waals surface area contributed by atoms with Gasteiger partial charge in [0.15, 0.2) is 5.78 Å². The van der Waals surface area contributed by atoms with Crippen LogP contribution in [-0.2, 0) is 4.79 Å². The second-order valence-corrected chi connectivity index (χ2v) is 10.7. The molecule has 28 heavy (non-hydrogen) atoms. The van der Waals surface area contributed by atoms with Crippen LogP contribution < -0.4 is 15.9 Å². The molecule has 3 aromatic carbocycles. The number of benzene rings is 3. The molecule has 0 unspecified atom stereocenters. The quantitative estimate of drug-likeness (QED) is 0.377. The number of hydrogen-bond donors (Lipinski definition) is 0. The molecular weight excluding hydrogens is 359 g/mol. The second kappa shape index (κ2) is 9.71. The van der Waals surface area contributed by atoms with Crippen LogP contribution in [0.4, 0.5) is 0 Å². The summed E-state index contributed by atoms with van der Waals surface area (Å²) in [7, 11) is 0. The van der Waals surface area contributed by atoms with Crippen LogP contribution in [0, 0.1) is 0 Å². The summed E-state index contributed by atoms with van der Waals surface area (Å²) in [4.78, 5) is 13.4. The van der Waals surface area contributed by atoms with E-state index in [1.807, 2.05) is 18.2 Å². The number of carbonyl (C=O) groups is 1. The Hall–Kier alpha value is -2.37. The topological polar surface area (TPSA) is 17.1 Å². The van der Waals surface area contributed by atoms with Gasteiger partial charge < -0.3 is 0 Å². The molecule has 3 rings (SSSR count). The Morgan fingerprint density at radius 2 is 1.07 bits per heavy atom. The smallest absolute Gasteiger partial charge is 0.159 e. The maximum Gasteiger partial charge on any atom is 0.159 e. The van der Waals surface area contributed by atoms with Gasteiger partial charge in [-0.05, 0) is 36.1 Å². The van der Waals surface area contributed by atoms with Crippen LogP contribution in [0.25, 0.3) is 0 Å². The first kappa shape index (κ1) is 20.4. The van der Waals surface area contributed by atoms with Crippen LogP contribution in [0.15, 0.2) is 91.0 Å². The molecule has 0 fully saturated rings. The first-order valence-corrected chi connectivity index (χ1v) is 11.9. The van der Waals surface area contributed by atoms with E-state index in [4.69, 9.17) is 0 Å². The monoisotopic (exact) mass is 388 g/mol. The van der Waals surface area contributed by atoms with Gasteiger partial charge in [0.1, 0.15) is 0 Å². The molecule has 3 aromatic rings. The highest BCUT2D eigenvalue weighted by atomic mass is 31.2. The lowest BCUT2D eigenvalue weighted by molar-refractivity contribution is -0.112. The molecule has 0 aliphatic heterocycles. The molecule has 0 aliphatic rings. The summed E-state index contributed by atoms with van der Waals surface area (Å²) in [5.74, 6) is 0.304. The van der Waals surface area contributed by atoms with E-state index in [0.29, 0.717) is 12.2 Å². The first-order chi connectivity index (χ1) is 13.7. The van der Waals surface area contributed by atoms with Gasteiger partial charge in [0.2, 0.25) is 0 Å². The van der Waals surface area contributed by atoms with Gasteiger partial charge in [-0.1, -0.05) is 111 Å². The fraction of sp³-hybridized carbons (Fsp3) is 0.231. The van der Waals surface area contributed by atoms with Crippen molar-refractivity contribution in [3.05, 3.63) is 91.0 Å². The van der Waals surface area contributed by atoms with Crippen molar-refractivity contribution in [1.29, 1.82) is 0 Å². The van der Waals surface area contributed by atoms with Crippen molar-refractivity contribution >= 4 is 33.9 Å². The van der Waals surface area contributed by atoms with Gasteiger partial charge in [-0.15, -0.1) is 0 Å². The molecular formula is C26H29OP. The average Bonchev–Trinajstić information content (AvgIpc) is 2.76. The molecule has 2 heteroatoms. The molecule has 0 saturated carbocycles. The number of ketones is 1. The lowest BCUT2D eigenvalue weighted by atomic mass is 10.1. The summed E-state index contributed by atoms with van der Waals surface area (Å²) in [6.45, 7) is 2.07. The van der Waals surface area contributed by atoms with E-state index < -0.39 is 6.89 Å². The molecule has 0 N–H and O–H groups in total. The predicted octanol–water partition coefficient (Wildman–Crippen LogP) is 5.32. The van der Waals surface area contributed by atoms with Crippen LogP contribution in [0.5, 0.6) is 0 Å². The van der Waals surface area contributed by atoms with E-state index in [1.54, 1.807) is 0 Å². The Balaban J connectivity index is 2.35. The average molecular weight is 388 g/mol. The minimum absolute atomic E-state index is 0.304. The van der Waals surface area contributed by atoms with Crippen molar-refractivity contribution in [3.8, 4) is 0 Å². The molecule has 0 radical (unpaired) electrons. The van der Waals surface area contributed by atoms with Crippen molar-refractivity contribution in [2.45, 2.75) is 39.5 Å². The lowest BCUT2D eigenvalue weighted by Crippen LogP contribution is -2.32. The van der Waals surface area contributed by atoms with Gasteiger partial charge in [0.25, 0.3) is 0 Å². The number of unbranched alkanes of at least 4 members (excludes halogenated alkanes) is 2. The van der Waals surface area contributed by atoms with Crippen molar-refractivity contribution in [2.24, 2.45) is 0 Å². The largest absolute Gasteiger partial charge is 0.295 e. The maximum absolute atomic E-state index is 13.4. The van der Waals surface area contributed by atoms with E-state index in [-0.39, 0.29) is 0 Å². The minimum atomic E-state index is -2.18. The number of hydrogen-bond acceptors (Lipinski definition) is 1.